The fourth-order valence-electron chi connectivity index (χ4n) is 2.32. The Bertz CT molecular complexity index is 894. The van der Waals surface area contributed by atoms with Gasteiger partial charge < -0.3 is 20.2 Å². The Hall–Kier alpha value is -3.65. The summed E-state index contributed by atoms with van der Waals surface area (Å²) in [5, 5.41) is 2.80. The molecule has 2 aromatic carbocycles. The van der Waals surface area contributed by atoms with E-state index in [2.05, 4.69) is 15.7 Å². The van der Waals surface area contributed by atoms with Gasteiger partial charge in [0.2, 0.25) is 0 Å². The molecule has 0 aliphatic carbocycles. The van der Waals surface area contributed by atoms with E-state index in [1.807, 2.05) is 0 Å². The second-order valence-electron chi connectivity index (χ2n) is 5.47. The number of esters is 1. The smallest absolute Gasteiger partial charge is 0.330 e. The zero-order chi connectivity index (χ0) is 20.4. The first-order chi connectivity index (χ1) is 13.6. The van der Waals surface area contributed by atoms with Crippen LogP contribution in [0.15, 0.2) is 53.5 Å². The van der Waals surface area contributed by atoms with Crippen LogP contribution in [0.25, 0.3) is 6.08 Å². The molecule has 8 heteroatoms. The van der Waals surface area contributed by atoms with Crippen LogP contribution in [0.5, 0.6) is 5.75 Å². The minimum atomic E-state index is -0.436. The molecule has 0 aliphatic heterocycles. The van der Waals surface area contributed by atoms with E-state index >= 15 is 0 Å². The van der Waals surface area contributed by atoms with Gasteiger partial charge in [0.1, 0.15) is 12.1 Å². The number of hydrazine groups is 1. The molecule has 1 amide bonds. The fourth-order valence-corrected chi connectivity index (χ4v) is 2.32. The number of carbonyl (C=O) groups is 2. The van der Waals surface area contributed by atoms with Crippen LogP contribution in [0.2, 0.25) is 0 Å². The van der Waals surface area contributed by atoms with Crippen molar-refractivity contribution in [1.82, 2.24) is 5.43 Å². The Morgan fingerprint density at radius 2 is 2.04 bits per heavy atom. The summed E-state index contributed by atoms with van der Waals surface area (Å²) < 4.78 is 10.2. The number of rotatable bonds is 8. The number of amides is 1. The molecular weight excluding hydrogens is 360 g/mol. The number of nitrogens with zero attached hydrogens (tertiary/aromatic N) is 1. The van der Waals surface area contributed by atoms with Gasteiger partial charge in [-0.2, -0.15) is 0 Å². The number of nitrogens with one attached hydrogen (secondary N) is 2. The van der Waals surface area contributed by atoms with Crippen molar-refractivity contribution in [3.8, 4) is 5.75 Å². The van der Waals surface area contributed by atoms with Gasteiger partial charge in [0.25, 0.3) is 5.91 Å². The highest BCUT2D eigenvalue weighted by Crippen LogP contribution is 2.25. The van der Waals surface area contributed by atoms with Gasteiger partial charge in [-0.05, 0) is 43.3 Å². The van der Waals surface area contributed by atoms with Gasteiger partial charge in [-0.25, -0.2) is 15.6 Å². The number of aliphatic imine (C=N–C) groups is 1. The van der Waals surface area contributed by atoms with Crippen LogP contribution in [0.4, 0.5) is 11.4 Å². The summed E-state index contributed by atoms with van der Waals surface area (Å²) in [5.74, 6) is 4.92. The lowest BCUT2D eigenvalue weighted by atomic mass is 10.1. The Morgan fingerprint density at radius 1 is 1.21 bits per heavy atom. The first kappa shape index (κ1) is 20.7. The molecule has 2 aromatic rings. The highest BCUT2D eigenvalue weighted by molar-refractivity contribution is 6.05. The van der Waals surface area contributed by atoms with Gasteiger partial charge in [0.05, 0.1) is 19.4 Å². The average Bonchev–Trinajstić information content (AvgIpc) is 2.71. The maximum Gasteiger partial charge on any atom is 0.330 e. The SMILES string of the molecule is CCOC(=O)C=Cc1ccc(NC(=O)c2cccc(N=CNN)c2)cc1OC. The molecule has 4 N–H and O–H groups in total. The largest absolute Gasteiger partial charge is 0.496 e. The number of ether oxygens (including phenoxy) is 2. The van der Waals surface area contributed by atoms with Crippen molar-refractivity contribution in [2.75, 3.05) is 19.0 Å². The number of benzene rings is 2. The van der Waals surface area contributed by atoms with Crippen molar-refractivity contribution < 1.29 is 19.1 Å². The first-order valence-electron chi connectivity index (χ1n) is 8.50. The molecule has 0 bridgehead atoms. The molecule has 0 heterocycles. The molecule has 0 fully saturated rings. The summed E-state index contributed by atoms with van der Waals surface area (Å²) in [6.45, 7) is 2.04. The van der Waals surface area contributed by atoms with Gasteiger partial charge in [0, 0.05) is 29.0 Å². The van der Waals surface area contributed by atoms with Crippen molar-refractivity contribution in [1.29, 1.82) is 0 Å². The van der Waals surface area contributed by atoms with Crippen molar-refractivity contribution in [2.45, 2.75) is 6.92 Å². The zero-order valence-corrected chi connectivity index (χ0v) is 15.6. The predicted octanol–water partition coefficient (Wildman–Crippen LogP) is 2.65. The lowest BCUT2D eigenvalue weighted by Crippen LogP contribution is -2.18. The molecule has 0 unspecified atom stereocenters. The van der Waals surface area contributed by atoms with Gasteiger partial charge in [0.15, 0.2) is 0 Å². The maximum atomic E-state index is 12.5. The third-order valence-electron chi connectivity index (χ3n) is 3.57. The van der Waals surface area contributed by atoms with Crippen LogP contribution in [0.3, 0.4) is 0 Å². The van der Waals surface area contributed by atoms with Crippen LogP contribution in [-0.2, 0) is 9.53 Å². The Labute approximate surface area is 163 Å². The molecule has 28 heavy (non-hydrogen) atoms. The predicted molar refractivity (Wildman–Crippen MR) is 109 cm³/mol. The van der Waals surface area contributed by atoms with E-state index in [0.717, 1.165) is 0 Å². The maximum absolute atomic E-state index is 12.5. The molecule has 0 aliphatic rings. The van der Waals surface area contributed by atoms with Crippen molar-refractivity contribution >= 4 is 35.7 Å². The quantitative estimate of drug-likeness (QED) is 0.161. The second kappa shape index (κ2) is 10.5. The topological polar surface area (TPSA) is 115 Å². The summed E-state index contributed by atoms with van der Waals surface area (Å²) in [7, 11) is 1.51. The Kier molecular flexibility index (Phi) is 7.74. The Balaban J connectivity index is 2.15. The highest BCUT2D eigenvalue weighted by atomic mass is 16.5. The molecule has 0 saturated heterocycles. The third kappa shape index (κ3) is 5.96. The van der Waals surface area contributed by atoms with Crippen molar-refractivity contribution in [3.05, 3.63) is 59.7 Å². The summed E-state index contributed by atoms with van der Waals surface area (Å²) in [6, 6.07) is 11.9. The van der Waals surface area contributed by atoms with Gasteiger partial charge in [-0.15, -0.1) is 0 Å². The minimum Gasteiger partial charge on any atom is -0.496 e. The average molecular weight is 382 g/mol. The first-order valence-corrected chi connectivity index (χ1v) is 8.50. The normalized spacial score (nSPS) is 10.8. The van der Waals surface area contributed by atoms with E-state index in [0.29, 0.717) is 34.9 Å². The molecule has 8 nitrogen and oxygen atoms in total. The van der Waals surface area contributed by atoms with Crippen LogP contribution in [0.1, 0.15) is 22.8 Å². The summed E-state index contributed by atoms with van der Waals surface area (Å²) in [4.78, 5) is 28.0. The molecule has 2 rings (SSSR count). The number of carbonyl (C=O) groups excluding carboxylic acids is 2. The lowest BCUT2D eigenvalue weighted by molar-refractivity contribution is -0.137. The lowest BCUT2D eigenvalue weighted by Gasteiger charge is -2.10. The van der Waals surface area contributed by atoms with Crippen LogP contribution >= 0.6 is 0 Å². The second-order valence-corrected chi connectivity index (χ2v) is 5.47. The summed E-state index contributed by atoms with van der Waals surface area (Å²) >= 11 is 0. The molecule has 146 valence electrons. The summed E-state index contributed by atoms with van der Waals surface area (Å²) in [5.41, 5.74) is 4.56. The molecule has 0 spiro atoms. The van der Waals surface area contributed by atoms with E-state index in [1.54, 1.807) is 55.5 Å². The third-order valence-corrected chi connectivity index (χ3v) is 3.57. The minimum absolute atomic E-state index is 0.297. The Morgan fingerprint density at radius 3 is 2.75 bits per heavy atom. The number of nitrogens with two attached hydrogens (primary N) is 1. The molecule has 0 radical (unpaired) electrons. The van der Waals surface area contributed by atoms with Gasteiger partial charge in [-0.1, -0.05) is 6.07 Å². The van der Waals surface area contributed by atoms with Crippen LogP contribution < -0.4 is 21.3 Å². The summed E-state index contributed by atoms with van der Waals surface area (Å²) in [6.07, 6.45) is 4.24. The van der Waals surface area contributed by atoms with E-state index in [-0.39, 0.29) is 5.91 Å². The fraction of sp³-hybridized carbons (Fsp3) is 0.150. The van der Waals surface area contributed by atoms with E-state index < -0.39 is 5.97 Å². The van der Waals surface area contributed by atoms with Crippen LogP contribution in [-0.4, -0.2) is 31.9 Å². The van der Waals surface area contributed by atoms with E-state index in [1.165, 1.54) is 19.5 Å². The van der Waals surface area contributed by atoms with E-state index in [9.17, 15) is 9.59 Å². The van der Waals surface area contributed by atoms with Crippen molar-refractivity contribution in [3.63, 3.8) is 0 Å². The zero-order valence-electron chi connectivity index (χ0n) is 15.6. The molecule has 0 aromatic heterocycles. The molecule has 0 saturated carbocycles. The van der Waals surface area contributed by atoms with E-state index in [4.69, 9.17) is 15.3 Å². The molecule has 0 atom stereocenters. The van der Waals surface area contributed by atoms with Gasteiger partial charge in [-0.3, -0.25) is 4.79 Å². The monoisotopic (exact) mass is 382 g/mol. The number of hydrogen-bond donors (Lipinski definition) is 3. The number of methoxy groups -OCH3 is 1. The van der Waals surface area contributed by atoms with Gasteiger partial charge >= 0.3 is 5.97 Å². The number of hydrogen-bond acceptors (Lipinski definition) is 6. The van der Waals surface area contributed by atoms with Crippen molar-refractivity contribution in [2.24, 2.45) is 10.8 Å². The van der Waals surface area contributed by atoms with Crippen LogP contribution in [0, 0.1) is 0 Å². The highest BCUT2D eigenvalue weighted by Gasteiger charge is 2.09. The standard InChI is InChI=1S/C20H22N4O4/c1-3-28-19(25)10-8-14-7-9-17(12-18(14)27-2)24-20(26)15-5-4-6-16(11-15)22-13-23-21/h4-13H,3,21H2,1-2H3,(H,22,23)(H,24,26). The molecular formula is C20H22N4O4. The number of anilines is 1.